The molecule has 0 bridgehead atoms. The Kier molecular flexibility index (Phi) is 8.47. The maximum Gasteiger partial charge on any atom is 0.319 e. The smallest absolute Gasteiger partial charge is 0.319 e. The first kappa shape index (κ1) is 17.5. The van der Waals surface area contributed by atoms with Crippen LogP contribution in [-0.4, -0.2) is 32.8 Å². The molecule has 0 aliphatic carbocycles. The Balaban J connectivity index is 2.32. The van der Waals surface area contributed by atoms with E-state index in [0.29, 0.717) is 12.6 Å². The molecule has 0 aromatic heterocycles. The van der Waals surface area contributed by atoms with Gasteiger partial charge in [0, 0.05) is 32.0 Å². The maximum atomic E-state index is 11.7. The van der Waals surface area contributed by atoms with E-state index in [9.17, 15) is 4.79 Å². The van der Waals surface area contributed by atoms with Gasteiger partial charge in [-0.25, -0.2) is 4.79 Å². The van der Waals surface area contributed by atoms with Crippen molar-refractivity contribution in [3.63, 3.8) is 0 Å². The van der Waals surface area contributed by atoms with Crippen molar-refractivity contribution in [1.82, 2.24) is 10.6 Å². The molecule has 0 saturated heterocycles. The van der Waals surface area contributed by atoms with Crippen molar-refractivity contribution in [2.45, 2.75) is 32.7 Å². The first-order valence-corrected chi connectivity index (χ1v) is 7.54. The van der Waals surface area contributed by atoms with Gasteiger partial charge < -0.3 is 20.7 Å². The number of rotatable bonds is 9. The minimum Gasteiger partial charge on any atom is -0.385 e. The third kappa shape index (κ3) is 7.11. The van der Waals surface area contributed by atoms with Gasteiger partial charge in [0.25, 0.3) is 0 Å². The molecular weight excluding hydrogens is 266 g/mol. The van der Waals surface area contributed by atoms with Crippen LogP contribution >= 0.6 is 0 Å². The van der Waals surface area contributed by atoms with Gasteiger partial charge in [0.2, 0.25) is 0 Å². The number of anilines is 1. The highest BCUT2D eigenvalue weighted by molar-refractivity contribution is 5.89. The van der Waals surface area contributed by atoms with Crippen molar-refractivity contribution in [3.8, 4) is 0 Å². The van der Waals surface area contributed by atoms with Gasteiger partial charge >= 0.3 is 6.03 Å². The van der Waals surface area contributed by atoms with Crippen LogP contribution in [-0.2, 0) is 4.74 Å². The SMILES string of the molecule is CCNC(C)c1ccc(NC(=O)NCCCCOC)cc1. The van der Waals surface area contributed by atoms with Crippen LogP contribution in [0.1, 0.15) is 38.3 Å². The zero-order valence-electron chi connectivity index (χ0n) is 13.2. The second-order valence-corrected chi connectivity index (χ2v) is 4.98. The van der Waals surface area contributed by atoms with E-state index >= 15 is 0 Å². The largest absolute Gasteiger partial charge is 0.385 e. The first-order valence-electron chi connectivity index (χ1n) is 7.54. The van der Waals surface area contributed by atoms with Gasteiger partial charge in [0.15, 0.2) is 0 Å². The summed E-state index contributed by atoms with van der Waals surface area (Å²) in [4.78, 5) is 11.7. The quantitative estimate of drug-likeness (QED) is 0.613. The minimum absolute atomic E-state index is 0.167. The van der Waals surface area contributed by atoms with Gasteiger partial charge in [0.05, 0.1) is 0 Å². The van der Waals surface area contributed by atoms with E-state index in [4.69, 9.17) is 4.74 Å². The fourth-order valence-electron chi connectivity index (χ4n) is 2.03. The summed E-state index contributed by atoms with van der Waals surface area (Å²) in [5.41, 5.74) is 2.01. The molecule has 118 valence electrons. The summed E-state index contributed by atoms with van der Waals surface area (Å²) >= 11 is 0. The second-order valence-electron chi connectivity index (χ2n) is 4.98. The van der Waals surface area contributed by atoms with Crippen molar-refractivity contribution in [2.24, 2.45) is 0 Å². The van der Waals surface area contributed by atoms with Gasteiger partial charge in [-0.05, 0) is 44.0 Å². The summed E-state index contributed by atoms with van der Waals surface area (Å²) in [6.45, 7) is 6.54. The van der Waals surface area contributed by atoms with E-state index in [1.54, 1.807) is 7.11 Å². The van der Waals surface area contributed by atoms with Crippen molar-refractivity contribution in [1.29, 1.82) is 0 Å². The molecule has 0 radical (unpaired) electrons. The fourth-order valence-corrected chi connectivity index (χ4v) is 2.03. The van der Waals surface area contributed by atoms with Crippen LogP contribution in [0.3, 0.4) is 0 Å². The molecule has 0 fully saturated rings. The molecule has 0 aliphatic heterocycles. The molecular formula is C16H27N3O2. The zero-order valence-corrected chi connectivity index (χ0v) is 13.2. The number of carbonyl (C=O) groups excluding carboxylic acids is 1. The van der Waals surface area contributed by atoms with Gasteiger partial charge in [-0.3, -0.25) is 0 Å². The van der Waals surface area contributed by atoms with Crippen molar-refractivity contribution < 1.29 is 9.53 Å². The molecule has 1 rings (SSSR count). The molecule has 5 nitrogen and oxygen atoms in total. The van der Waals surface area contributed by atoms with Crippen molar-refractivity contribution in [2.75, 3.05) is 32.1 Å². The first-order chi connectivity index (χ1) is 10.2. The number of urea groups is 1. The van der Waals surface area contributed by atoms with Crippen LogP contribution in [0.2, 0.25) is 0 Å². The minimum atomic E-state index is -0.167. The van der Waals surface area contributed by atoms with E-state index < -0.39 is 0 Å². The van der Waals surface area contributed by atoms with E-state index in [0.717, 1.165) is 31.7 Å². The van der Waals surface area contributed by atoms with Crippen LogP contribution in [0.25, 0.3) is 0 Å². The van der Waals surface area contributed by atoms with E-state index in [2.05, 4.69) is 29.8 Å². The van der Waals surface area contributed by atoms with Crippen LogP contribution in [0.15, 0.2) is 24.3 Å². The van der Waals surface area contributed by atoms with E-state index in [1.165, 1.54) is 5.56 Å². The molecule has 0 aliphatic rings. The Morgan fingerprint density at radius 1 is 1.24 bits per heavy atom. The number of methoxy groups -OCH3 is 1. The summed E-state index contributed by atoms with van der Waals surface area (Å²) in [5.74, 6) is 0. The predicted octanol–water partition coefficient (Wildman–Crippen LogP) is 2.91. The molecule has 3 N–H and O–H groups in total. The van der Waals surface area contributed by atoms with E-state index in [1.807, 2.05) is 24.3 Å². The number of hydrogen-bond donors (Lipinski definition) is 3. The lowest BCUT2D eigenvalue weighted by Gasteiger charge is -2.13. The molecule has 1 aromatic carbocycles. The molecule has 21 heavy (non-hydrogen) atoms. The average molecular weight is 293 g/mol. The van der Waals surface area contributed by atoms with Gasteiger partial charge in [-0.1, -0.05) is 19.1 Å². The fraction of sp³-hybridized carbons (Fsp3) is 0.562. The van der Waals surface area contributed by atoms with Gasteiger partial charge in [0.1, 0.15) is 0 Å². The van der Waals surface area contributed by atoms with Crippen LogP contribution in [0.4, 0.5) is 10.5 Å². The van der Waals surface area contributed by atoms with Crippen LogP contribution < -0.4 is 16.0 Å². The van der Waals surface area contributed by atoms with Gasteiger partial charge in [-0.15, -0.1) is 0 Å². The molecule has 1 unspecified atom stereocenters. The Morgan fingerprint density at radius 2 is 1.95 bits per heavy atom. The number of carbonyl (C=O) groups is 1. The molecule has 5 heteroatoms. The standard InChI is InChI=1S/C16H27N3O2/c1-4-17-13(2)14-7-9-15(10-8-14)19-16(20)18-11-5-6-12-21-3/h7-10,13,17H,4-6,11-12H2,1-3H3,(H2,18,19,20). The number of unbranched alkanes of at least 4 members (excludes halogenated alkanes) is 1. The molecule has 2 amide bonds. The number of ether oxygens (including phenoxy) is 1. The Labute approximate surface area is 127 Å². The zero-order chi connectivity index (χ0) is 15.5. The highest BCUT2D eigenvalue weighted by Gasteiger charge is 2.04. The number of nitrogens with one attached hydrogen (secondary N) is 3. The molecule has 1 aromatic rings. The summed E-state index contributed by atoms with van der Waals surface area (Å²) in [6, 6.07) is 8.06. The third-order valence-electron chi connectivity index (χ3n) is 3.24. The third-order valence-corrected chi connectivity index (χ3v) is 3.24. The normalized spacial score (nSPS) is 12.0. The summed E-state index contributed by atoms with van der Waals surface area (Å²) in [7, 11) is 1.68. The lowest BCUT2D eigenvalue weighted by Crippen LogP contribution is -2.29. The average Bonchev–Trinajstić information content (AvgIpc) is 2.48. The Bertz CT molecular complexity index is 406. The van der Waals surface area contributed by atoms with Crippen LogP contribution in [0.5, 0.6) is 0 Å². The highest BCUT2D eigenvalue weighted by Crippen LogP contribution is 2.15. The highest BCUT2D eigenvalue weighted by atomic mass is 16.5. The molecule has 1 atom stereocenters. The van der Waals surface area contributed by atoms with Crippen molar-refractivity contribution in [3.05, 3.63) is 29.8 Å². The lowest BCUT2D eigenvalue weighted by molar-refractivity contribution is 0.192. The maximum absolute atomic E-state index is 11.7. The second kappa shape index (κ2) is 10.2. The lowest BCUT2D eigenvalue weighted by atomic mass is 10.1. The van der Waals surface area contributed by atoms with Gasteiger partial charge in [-0.2, -0.15) is 0 Å². The number of benzene rings is 1. The summed E-state index contributed by atoms with van der Waals surface area (Å²) < 4.78 is 4.96. The summed E-state index contributed by atoms with van der Waals surface area (Å²) in [5, 5.41) is 9.02. The summed E-state index contributed by atoms with van der Waals surface area (Å²) in [6.07, 6.45) is 1.87. The van der Waals surface area contributed by atoms with Crippen LogP contribution in [0, 0.1) is 0 Å². The number of amides is 2. The molecule has 0 spiro atoms. The number of hydrogen-bond acceptors (Lipinski definition) is 3. The monoisotopic (exact) mass is 293 g/mol. The molecule has 0 saturated carbocycles. The topological polar surface area (TPSA) is 62.4 Å². The van der Waals surface area contributed by atoms with Crippen molar-refractivity contribution >= 4 is 11.7 Å². The predicted molar refractivity (Wildman–Crippen MR) is 86.7 cm³/mol. The Morgan fingerprint density at radius 3 is 2.57 bits per heavy atom. The molecule has 0 heterocycles. The van der Waals surface area contributed by atoms with E-state index in [-0.39, 0.29) is 6.03 Å². The Hall–Kier alpha value is -1.59.